The summed E-state index contributed by atoms with van der Waals surface area (Å²) in [5.41, 5.74) is 3.22. The van der Waals surface area contributed by atoms with Crippen molar-refractivity contribution in [1.29, 1.82) is 0 Å². The predicted octanol–water partition coefficient (Wildman–Crippen LogP) is 4.61. The van der Waals surface area contributed by atoms with Crippen molar-refractivity contribution in [2.24, 2.45) is 0 Å². The molecule has 0 amide bonds. The fourth-order valence-electron chi connectivity index (χ4n) is 1.98. The third-order valence-corrected chi connectivity index (χ3v) is 3.22. The lowest BCUT2D eigenvalue weighted by molar-refractivity contribution is 0.730. The van der Waals surface area contributed by atoms with E-state index in [1.54, 1.807) is 6.07 Å². The molecule has 0 aliphatic rings. The van der Waals surface area contributed by atoms with Crippen LogP contribution in [0.2, 0.25) is 10.0 Å². The molecule has 0 bridgehead atoms. The largest absolute Gasteiger partial charge is 0.236 e. The van der Waals surface area contributed by atoms with Crippen molar-refractivity contribution in [3.63, 3.8) is 0 Å². The van der Waals surface area contributed by atoms with Crippen LogP contribution in [0, 0.1) is 6.92 Å². The number of rotatable bonds is 2. The second-order valence-electron chi connectivity index (χ2n) is 4.38. The van der Waals surface area contributed by atoms with Crippen LogP contribution in [0.15, 0.2) is 24.4 Å². The summed E-state index contributed by atoms with van der Waals surface area (Å²) in [6.07, 6.45) is 1.86. The van der Waals surface area contributed by atoms with Crippen molar-refractivity contribution in [1.82, 2.24) is 9.78 Å². The van der Waals surface area contributed by atoms with E-state index in [-0.39, 0.29) is 0 Å². The minimum Gasteiger partial charge on any atom is -0.236 e. The maximum absolute atomic E-state index is 6.20. The molecule has 0 radical (unpaired) electrons. The number of hydrogen-bond donors (Lipinski definition) is 0. The fourth-order valence-corrected chi connectivity index (χ4v) is 2.47. The molecule has 0 spiro atoms. The molecule has 0 aliphatic carbocycles. The highest BCUT2D eigenvalue weighted by atomic mass is 35.5. The van der Waals surface area contributed by atoms with Gasteiger partial charge in [-0.3, -0.25) is 0 Å². The van der Waals surface area contributed by atoms with Crippen LogP contribution in [0.3, 0.4) is 0 Å². The van der Waals surface area contributed by atoms with Crippen LogP contribution in [0.4, 0.5) is 0 Å². The van der Waals surface area contributed by atoms with Gasteiger partial charge in [0, 0.05) is 10.7 Å². The van der Waals surface area contributed by atoms with Gasteiger partial charge in [0.1, 0.15) is 0 Å². The second kappa shape index (κ2) is 4.71. The average Bonchev–Trinajstić information content (AvgIpc) is 2.60. The molecule has 0 aliphatic heterocycles. The Morgan fingerprint density at radius 3 is 2.53 bits per heavy atom. The number of benzene rings is 1. The topological polar surface area (TPSA) is 17.8 Å². The third-order valence-electron chi connectivity index (χ3n) is 2.68. The first-order valence-electron chi connectivity index (χ1n) is 5.50. The van der Waals surface area contributed by atoms with Gasteiger partial charge in [0.2, 0.25) is 0 Å². The first-order valence-corrected chi connectivity index (χ1v) is 6.26. The Balaban J connectivity index is 2.61. The van der Waals surface area contributed by atoms with Crippen LogP contribution >= 0.6 is 23.2 Å². The second-order valence-corrected chi connectivity index (χ2v) is 5.22. The van der Waals surface area contributed by atoms with Crippen LogP contribution in [0.5, 0.6) is 0 Å². The van der Waals surface area contributed by atoms with E-state index >= 15 is 0 Å². The first-order chi connectivity index (χ1) is 8.00. The highest BCUT2D eigenvalue weighted by molar-refractivity contribution is 6.35. The molecule has 90 valence electrons. The summed E-state index contributed by atoms with van der Waals surface area (Å²) in [4.78, 5) is 0. The van der Waals surface area contributed by atoms with E-state index in [1.165, 1.54) is 11.3 Å². The predicted molar refractivity (Wildman–Crippen MR) is 72.4 cm³/mol. The lowest BCUT2D eigenvalue weighted by Gasteiger charge is -2.13. The molecule has 2 nitrogen and oxygen atoms in total. The van der Waals surface area contributed by atoms with Crippen LogP contribution in [-0.2, 0) is 0 Å². The Morgan fingerprint density at radius 2 is 1.94 bits per heavy atom. The molecular formula is C13H14Cl2N2. The average molecular weight is 269 g/mol. The van der Waals surface area contributed by atoms with E-state index in [1.807, 2.05) is 23.0 Å². The van der Waals surface area contributed by atoms with Gasteiger partial charge in [-0.05, 0) is 36.6 Å². The summed E-state index contributed by atoms with van der Waals surface area (Å²) in [6, 6.07) is 5.45. The fraction of sp³-hybridized carbons (Fsp3) is 0.308. The van der Waals surface area contributed by atoms with Gasteiger partial charge in [-0.2, -0.15) is 5.10 Å². The summed E-state index contributed by atoms with van der Waals surface area (Å²) < 4.78 is 1.89. The maximum atomic E-state index is 6.20. The van der Waals surface area contributed by atoms with Crippen molar-refractivity contribution in [2.75, 3.05) is 0 Å². The molecular weight excluding hydrogens is 255 g/mol. The highest BCUT2D eigenvalue weighted by Crippen LogP contribution is 2.28. The highest BCUT2D eigenvalue weighted by Gasteiger charge is 2.14. The van der Waals surface area contributed by atoms with E-state index in [2.05, 4.69) is 25.9 Å². The molecule has 0 fully saturated rings. The van der Waals surface area contributed by atoms with Gasteiger partial charge in [-0.15, -0.1) is 0 Å². The van der Waals surface area contributed by atoms with Gasteiger partial charge in [0.05, 0.1) is 16.9 Å². The smallest absolute Gasteiger partial charge is 0.0836 e. The molecule has 1 aromatic carbocycles. The van der Waals surface area contributed by atoms with Crippen molar-refractivity contribution >= 4 is 23.2 Å². The van der Waals surface area contributed by atoms with E-state index in [4.69, 9.17) is 23.2 Å². The standard InChI is InChI=1S/C13H14Cl2N2/c1-8(2)13-9(3)7-16-17(13)12-5-4-10(14)6-11(12)15/h4-8H,1-3H3. The Bertz CT molecular complexity index is 544. The van der Waals surface area contributed by atoms with Gasteiger partial charge in [0.15, 0.2) is 0 Å². The molecule has 0 saturated heterocycles. The van der Waals surface area contributed by atoms with Crippen LogP contribution in [0.1, 0.15) is 31.0 Å². The van der Waals surface area contributed by atoms with Crippen LogP contribution in [0.25, 0.3) is 5.69 Å². The summed E-state index contributed by atoms with van der Waals surface area (Å²) in [5, 5.41) is 5.63. The minimum absolute atomic E-state index is 0.393. The SMILES string of the molecule is Cc1cnn(-c2ccc(Cl)cc2Cl)c1C(C)C. The quantitative estimate of drug-likeness (QED) is 0.778. The Hall–Kier alpha value is -0.990. The molecule has 2 aromatic rings. The molecule has 2 rings (SSSR count). The Morgan fingerprint density at radius 1 is 1.24 bits per heavy atom. The molecule has 1 heterocycles. The normalized spacial score (nSPS) is 11.2. The molecule has 0 unspecified atom stereocenters. The van der Waals surface area contributed by atoms with Crippen molar-refractivity contribution in [2.45, 2.75) is 26.7 Å². The number of aromatic nitrogens is 2. The van der Waals surface area contributed by atoms with Crippen molar-refractivity contribution in [3.05, 3.63) is 45.7 Å². The molecule has 0 saturated carbocycles. The molecule has 1 aromatic heterocycles. The lowest BCUT2D eigenvalue weighted by Crippen LogP contribution is -2.05. The zero-order chi connectivity index (χ0) is 12.6. The number of nitrogens with zero attached hydrogens (tertiary/aromatic N) is 2. The van der Waals surface area contributed by atoms with E-state index in [0.29, 0.717) is 16.0 Å². The number of hydrogen-bond acceptors (Lipinski definition) is 1. The van der Waals surface area contributed by atoms with Gasteiger partial charge < -0.3 is 0 Å². The first kappa shape index (κ1) is 12.5. The van der Waals surface area contributed by atoms with Crippen LogP contribution < -0.4 is 0 Å². The van der Waals surface area contributed by atoms with Gasteiger partial charge in [0.25, 0.3) is 0 Å². The maximum Gasteiger partial charge on any atom is 0.0836 e. The minimum atomic E-state index is 0.393. The summed E-state index contributed by atoms with van der Waals surface area (Å²) in [7, 11) is 0. The summed E-state index contributed by atoms with van der Waals surface area (Å²) >= 11 is 12.1. The van der Waals surface area contributed by atoms with Gasteiger partial charge in [-0.25, -0.2) is 4.68 Å². The van der Waals surface area contributed by atoms with Crippen molar-refractivity contribution in [3.8, 4) is 5.69 Å². The zero-order valence-electron chi connectivity index (χ0n) is 10.0. The number of aryl methyl sites for hydroxylation is 1. The molecule has 4 heteroatoms. The third kappa shape index (κ3) is 2.33. The monoisotopic (exact) mass is 268 g/mol. The Labute approximate surface area is 111 Å². The summed E-state index contributed by atoms with van der Waals surface area (Å²) in [6.45, 7) is 6.34. The zero-order valence-corrected chi connectivity index (χ0v) is 11.5. The van der Waals surface area contributed by atoms with E-state index in [9.17, 15) is 0 Å². The van der Waals surface area contributed by atoms with Gasteiger partial charge in [-0.1, -0.05) is 37.0 Å². The van der Waals surface area contributed by atoms with E-state index in [0.717, 1.165) is 5.69 Å². The lowest BCUT2D eigenvalue weighted by atomic mass is 10.1. The van der Waals surface area contributed by atoms with Crippen LogP contribution in [-0.4, -0.2) is 9.78 Å². The Kier molecular flexibility index (Phi) is 3.45. The van der Waals surface area contributed by atoms with E-state index < -0.39 is 0 Å². The molecule has 0 atom stereocenters. The molecule has 17 heavy (non-hydrogen) atoms. The van der Waals surface area contributed by atoms with Crippen molar-refractivity contribution < 1.29 is 0 Å². The molecule has 0 N–H and O–H groups in total. The summed E-state index contributed by atoms with van der Waals surface area (Å²) in [5.74, 6) is 0.393. The number of halogens is 2. The van der Waals surface area contributed by atoms with Gasteiger partial charge >= 0.3 is 0 Å².